The van der Waals surface area contributed by atoms with E-state index in [0.717, 1.165) is 5.56 Å². The first-order chi connectivity index (χ1) is 9.40. The van der Waals surface area contributed by atoms with Gasteiger partial charge in [-0.25, -0.2) is 0 Å². The van der Waals surface area contributed by atoms with Crippen LogP contribution in [-0.2, 0) is 9.53 Å². The van der Waals surface area contributed by atoms with Gasteiger partial charge < -0.3 is 9.84 Å². The molecule has 0 spiro atoms. The van der Waals surface area contributed by atoms with Crippen molar-refractivity contribution in [3.8, 4) is 0 Å². The van der Waals surface area contributed by atoms with E-state index in [9.17, 15) is 9.90 Å². The maximum atomic E-state index is 12.1. The van der Waals surface area contributed by atoms with Gasteiger partial charge in [-0.1, -0.05) is 30.3 Å². The van der Waals surface area contributed by atoms with Crippen LogP contribution in [0.25, 0.3) is 0 Å². The van der Waals surface area contributed by atoms with E-state index in [1.807, 2.05) is 44.2 Å². The van der Waals surface area contributed by atoms with Crippen LogP contribution in [0.1, 0.15) is 44.6 Å². The van der Waals surface area contributed by atoms with Gasteiger partial charge in [0.1, 0.15) is 5.78 Å². The van der Waals surface area contributed by atoms with Crippen molar-refractivity contribution in [2.75, 3.05) is 6.61 Å². The highest BCUT2D eigenvalue weighted by atomic mass is 16.5. The number of hydrogen-bond acceptors (Lipinski definition) is 3. The molecule has 1 heterocycles. The Hall–Kier alpha value is -1.19. The average molecular weight is 274 g/mol. The topological polar surface area (TPSA) is 46.5 Å². The summed E-state index contributed by atoms with van der Waals surface area (Å²) in [5, 5.41) is 11.0. The van der Waals surface area contributed by atoms with Crippen LogP contribution < -0.4 is 0 Å². The molecule has 2 fully saturated rings. The predicted molar refractivity (Wildman–Crippen MR) is 76.5 cm³/mol. The highest BCUT2D eigenvalue weighted by Gasteiger charge is 2.53. The Balaban J connectivity index is 1.95. The Morgan fingerprint density at radius 1 is 1.25 bits per heavy atom. The molecule has 2 aliphatic rings. The van der Waals surface area contributed by atoms with Crippen molar-refractivity contribution in [2.45, 2.75) is 50.2 Å². The van der Waals surface area contributed by atoms with Crippen molar-refractivity contribution < 1.29 is 14.6 Å². The summed E-state index contributed by atoms with van der Waals surface area (Å²) in [6, 6.07) is 10.0. The van der Waals surface area contributed by atoms with Gasteiger partial charge in [-0.15, -0.1) is 0 Å². The van der Waals surface area contributed by atoms with Gasteiger partial charge in [0.15, 0.2) is 0 Å². The lowest BCUT2D eigenvalue weighted by Crippen LogP contribution is -2.57. The summed E-state index contributed by atoms with van der Waals surface area (Å²) in [5.41, 5.74) is -0.144. The van der Waals surface area contributed by atoms with Gasteiger partial charge in [-0.3, -0.25) is 4.79 Å². The zero-order valence-electron chi connectivity index (χ0n) is 12.1. The molecule has 1 aromatic carbocycles. The number of carbonyl (C=O) groups is 1. The number of benzene rings is 1. The van der Waals surface area contributed by atoms with Crippen molar-refractivity contribution >= 4 is 5.78 Å². The molecule has 0 radical (unpaired) electrons. The first-order valence-electron chi connectivity index (χ1n) is 7.33. The zero-order valence-corrected chi connectivity index (χ0v) is 12.1. The Morgan fingerprint density at radius 2 is 1.95 bits per heavy atom. The molecule has 3 heteroatoms. The Morgan fingerprint density at radius 3 is 2.65 bits per heavy atom. The smallest absolute Gasteiger partial charge is 0.136 e. The Bertz CT molecular complexity index is 508. The lowest BCUT2D eigenvalue weighted by molar-refractivity contribution is -0.198. The summed E-state index contributed by atoms with van der Waals surface area (Å²) in [6.45, 7) is 4.49. The van der Waals surface area contributed by atoms with Gasteiger partial charge in [0.2, 0.25) is 0 Å². The largest absolute Gasteiger partial charge is 0.389 e. The number of rotatable bonds is 1. The lowest BCUT2D eigenvalue weighted by atomic mass is 9.62. The fraction of sp³-hybridized carbons (Fsp3) is 0.588. The van der Waals surface area contributed by atoms with Gasteiger partial charge in [0.25, 0.3) is 0 Å². The molecular weight excluding hydrogens is 252 g/mol. The van der Waals surface area contributed by atoms with E-state index < -0.39 is 5.60 Å². The van der Waals surface area contributed by atoms with Gasteiger partial charge in [-0.05, 0) is 25.3 Å². The standard InChI is InChI=1S/C17H22O3/c1-16(2)11-17(19)9-13(18)8-14(15(17)10-20-16)12-6-4-3-5-7-12/h3-7,14-15,19H,8-11H2,1-2H3/t14-,15+,17-/m1/s1. The number of Topliss-reactive ketones (excluding diaryl/α,β-unsaturated/α-hetero) is 1. The summed E-state index contributed by atoms with van der Waals surface area (Å²) >= 11 is 0. The number of ether oxygens (including phenoxy) is 1. The molecule has 1 aliphatic carbocycles. The van der Waals surface area contributed by atoms with Crippen LogP contribution in [0, 0.1) is 5.92 Å². The number of hydrogen-bond donors (Lipinski definition) is 1. The fourth-order valence-electron chi connectivity index (χ4n) is 3.93. The summed E-state index contributed by atoms with van der Waals surface area (Å²) < 4.78 is 5.92. The summed E-state index contributed by atoms with van der Waals surface area (Å²) in [5.74, 6) is 0.240. The number of ketones is 1. The molecule has 1 saturated carbocycles. The molecule has 3 atom stereocenters. The molecule has 0 aromatic heterocycles. The van der Waals surface area contributed by atoms with Crippen molar-refractivity contribution in [1.29, 1.82) is 0 Å². The molecule has 0 amide bonds. The van der Waals surface area contributed by atoms with Crippen LogP contribution in [0.15, 0.2) is 30.3 Å². The van der Waals surface area contributed by atoms with E-state index in [-0.39, 0.29) is 29.6 Å². The molecule has 20 heavy (non-hydrogen) atoms. The van der Waals surface area contributed by atoms with Crippen LogP contribution in [0.3, 0.4) is 0 Å². The summed E-state index contributed by atoms with van der Waals surface area (Å²) in [4.78, 5) is 12.1. The third-order valence-corrected chi connectivity index (χ3v) is 4.74. The quantitative estimate of drug-likeness (QED) is 0.856. The summed E-state index contributed by atoms with van der Waals surface area (Å²) in [7, 11) is 0. The van der Waals surface area contributed by atoms with Crippen molar-refractivity contribution in [3.63, 3.8) is 0 Å². The zero-order chi connectivity index (χ0) is 14.4. The minimum Gasteiger partial charge on any atom is -0.389 e. The predicted octanol–water partition coefficient (Wildman–Crippen LogP) is 2.68. The maximum absolute atomic E-state index is 12.1. The first-order valence-corrected chi connectivity index (χ1v) is 7.33. The van der Waals surface area contributed by atoms with E-state index in [4.69, 9.17) is 4.74 Å². The molecule has 3 rings (SSSR count). The monoisotopic (exact) mass is 274 g/mol. The number of aliphatic hydroxyl groups is 1. The molecule has 1 saturated heterocycles. The molecule has 1 N–H and O–H groups in total. The van der Waals surface area contributed by atoms with Crippen molar-refractivity contribution in [1.82, 2.24) is 0 Å². The molecule has 1 aromatic rings. The van der Waals surface area contributed by atoms with Crippen LogP contribution in [0.2, 0.25) is 0 Å². The molecule has 108 valence electrons. The van der Waals surface area contributed by atoms with Crippen LogP contribution in [0.4, 0.5) is 0 Å². The number of fused-ring (bicyclic) bond motifs is 1. The lowest BCUT2D eigenvalue weighted by Gasteiger charge is -2.51. The molecule has 0 bridgehead atoms. The normalized spacial score (nSPS) is 36.5. The average Bonchev–Trinajstić information content (AvgIpc) is 2.36. The molecular formula is C17H22O3. The third kappa shape index (κ3) is 2.40. The van der Waals surface area contributed by atoms with Gasteiger partial charge in [0, 0.05) is 25.2 Å². The van der Waals surface area contributed by atoms with E-state index in [1.165, 1.54) is 0 Å². The van der Waals surface area contributed by atoms with Crippen molar-refractivity contribution in [3.05, 3.63) is 35.9 Å². The minimum absolute atomic E-state index is 0.00984. The molecule has 1 aliphatic heterocycles. The Labute approximate surface area is 120 Å². The first kappa shape index (κ1) is 13.8. The van der Waals surface area contributed by atoms with Crippen LogP contribution in [0.5, 0.6) is 0 Å². The number of carbonyl (C=O) groups excluding carboxylic acids is 1. The Kier molecular flexibility index (Phi) is 3.22. The second-order valence-corrected chi connectivity index (χ2v) is 6.89. The fourth-order valence-corrected chi connectivity index (χ4v) is 3.93. The second-order valence-electron chi connectivity index (χ2n) is 6.89. The van der Waals surface area contributed by atoms with E-state index in [1.54, 1.807) is 0 Å². The highest BCUT2D eigenvalue weighted by Crippen LogP contribution is 2.49. The van der Waals surface area contributed by atoms with Gasteiger partial charge >= 0.3 is 0 Å². The van der Waals surface area contributed by atoms with Gasteiger partial charge in [-0.2, -0.15) is 0 Å². The molecule has 0 unspecified atom stereocenters. The minimum atomic E-state index is -0.919. The molecule has 3 nitrogen and oxygen atoms in total. The SMILES string of the molecule is CC1(C)C[C@]2(O)CC(=O)C[C@H](c3ccccc3)[C@@H]2CO1. The van der Waals surface area contributed by atoms with E-state index in [2.05, 4.69) is 0 Å². The van der Waals surface area contributed by atoms with Crippen LogP contribution >= 0.6 is 0 Å². The van der Waals surface area contributed by atoms with Crippen LogP contribution in [-0.4, -0.2) is 28.7 Å². The second kappa shape index (κ2) is 4.68. The summed E-state index contributed by atoms with van der Waals surface area (Å²) in [6.07, 6.45) is 1.31. The highest BCUT2D eigenvalue weighted by molar-refractivity contribution is 5.81. The van der Waals surface area contributed by atoms with E-state index in [0.29, 0.717) is 19.4 Å². The van der Waals surface area contributed by atoms with E-state index >= 15 is 0 Å². The third-order valence-electron chi connectivity index (χ3n) is 4.74. The maximum Gasteiger partial charge on any atom is 0.136 e. The van der Waals surface area contributed by atoms with Crippen molar-refractivity contribution in [2.24, 2.45) is 5.92 Å². The van der Waals surface area contributed by atoms with Gasteiger partial charge in [0.05, 0.1) is 17.8 Å².